The van der Waals surface area contributed by atoms with Gasteiger partial charge in [0.05, 0.1) is 5.60 Å². The summed E-state index contributed by atoms with van der Waals surface area (Å²) < 4.78 is 5.70. The fourth-order valence-corrected chi connectivity index (χ4v) is 2.29. The fourth-order valence-electron chi connectivity index (χ4n) is 2.29. The van der Waals surface area contributed by atoms with Gasteiger partial charge in [0.15, 0.2) is 5.78 Å². The maximum absolute atomic E-state index is 12.0. The molecule has 2 aromatic carbocycles. The number of benzene rings is 2. The zero-order valence-corrected chi connectivity index (χ0v) is 14.9. The molecule has 3 N–H and O–H groups in total. The quantitative estimate of drug-likeness (QED) is 0.700. The van der Waals surface area contributed by atoms with Crippen LogP contribution in [0.15, 0.2) is 48.5 Å². The largest absolute Gasteiger partial charge is 0.457 e. The highest BCUT2D eigenvalue weighted by atomic mass is 16.5. The van der Waals surface area contributed by atoms with Gasteiger partial charge in [0.2, 0.25) is 0 Å². The third-order valence-corrected chi connectivity index (χ3v) is 3.77. The van der Waals surface area contributed by atoms with Gasteiger partial charge < -0.3 is 20.1 Å². The molecule has 0 spiro atoms. The van der Waals surface area contributed by atoms with E-state index in [4.69, 9.17) is 4.74 Å². The van der Waals surface area contributed by atoms with Crippen molar-refractivity contribution in [2.75, 3.05) is 0 Å². The average molecular weight is 344 g/mol. The van der Waals surface area contributed by atoms with E-state index in [0.29, 0.717) is 22.6 Å². The number of carbonyl (C=O) groups is 1. The lowest BCUT2D eigenvalue weighted by atomic mass is 9.95. The Kier molecular flexibility index (Phi) is 5.32. The van der Waals surface area contributed by atoms with Gasteiger partial charge in [-0.25, -0.2) is 0 Å². The van der Waals surface area contributed by atoms with Crippen molar-refractivity contribution in [1.82, 2.24) is 0 Å². The van der Waals surface area contributed by atoms with Crippen molar-refractivity contribution in [1.29, 1.82) is 0 Å². The zero-order valence-electron chi connectivity index (χ0n) is 14.9. The van der Waals surface area contributed by atoms with E-state index in [9.17, 15) is 20.1 Å². The minimum absolute atomic E-state index is 0.357. The smallest absolute Gasteiger partial charge is 0.193 e. The monoisotopic (exact) mass is 344 g/mol. The molecular formula is C20H24O5. The van der Waals surface area contributed by atoms with Crippen molar-refractivity contribution in [3.05, 3.63) is 59.7 Å². The van der Waals surface area contributed by atoms with Crippen LogP contribution in [0.25, 0.3) is 0 Å². The van der Waals surface area contributed by atoms with Crippen LogP contribution in [0.2, 0.25) is 0 Å². The Morgan fingerprint density at radius 1 is 0.880 bits per heavy atom. The van der Waals surface area contributed by atoms with Gasteiger partial charge >= 0.3 is 0 Å². The normalized spacial score (nSPS) is 13.4. The third-order valence-electron chi connectivity index (χ3n) is 3.77. The summed E-state index contributed by atoms with van der Waals surface area (Å²) in [5, 5.41) is 29.6. The molecule has 0 amide bonds. The summed E-state index contributed by atoms with van der Waals surface area (Å²) >= 11 is 0. The van der Waals surface area contributed by atoms with E-state index in [1.807, 2.05) is 0 Å². The lowest BCUT2D eigenvalue weighted by Gasteiger charge is -2.24. The van der Waals surface area contributed by atoms with Gasteiger partial charge in [-0.3, -0.25) is 4.79 Å². The van der Waals surface area contributed by atoms with E-state index in [1.165, 1.54) is 13.8 Å². The van der Waals surface area contributed by atoms with Crippen LogP contribution in [0.5, 0.6) is 11.5 Å². The van der Waals surface area contributed by atoms with Gasteiger partial charge in [0.1, 0.15) is 23.2 Å². The number of Topliss-reactive ketones (excluding diaryl/α,β-unsaturated/α-hetero) is 1. The fraction of sp³-hybridized carbons (Fsp3) is 0.350. The van der Waals surface area contributed by atoms with Crippen molar-refractivity contribution >= 4 is 5.78 Å². The van der Waals surface area contributed by atoms with Crippen LogP contribution < -0.4 is 4.74 Å². The van der Waals surface area contributed by atoms with Crippen molar-refractivity contribution in [2.45, 2.75) is 45.0 Å². The van der Waals surface area contributed by atoms with E-state index in [2.05, 4.69) is 0 Å². The number of hydrogen-bond donors (Lipinski definition) is 3. The van der Waals surface area contributed by atoms with Gasteiger partial charge in [-0.2, -0.15) is 0 Å². The van der Waals surface area contributed by atoms with Crippen LogP contribution in [0.3, 0.4) is 0 Å². The summed E-state index contributed by atoms with van der Waals surface area (Å²) in [5.41, 5.74) is -1.65. The van der Waals surface area contributed by atoms with Gasteiger partial charge in [-0.1, -0.05) is 12.1 Å². The van der Waals surface area contributed by atoms with Crippen LogP contribution in [0.4, 0.5) is 0 Å². The minimum Gasteiger partial charge on any atom is -0.457 e. The number of hydrogen-bond acceptors (Lipinski definition) is 5. The highest BCUT2D eigenvalue weighted by molar-refractivity contribution is 6.01. The van der Waals surface area contributed by atoms with Crippen molar-refractivity contribution in [2.24, 2.45) is 0 Å². The first-order valence-electron chi connectivity index (χ1n) is 8.04. The molecule has 134 valence electrons. The predicted octanol–water partition coefficient (Wildman–Crippen LogP) is 3.24. The summed E-state index contributed by atoms with van der Waals surface area (Å²) in [5.74, 6) is 0.750. The minimum atomic E-state index is -1.42. The standard InChI is InChI=1S/C20H24O5/c1-19(2,23)17(21)13-5-9-15(10-6-13)25-16-11-7-14(8-12-16)18(22)20(3,4)24/h5-12,17,21,23-24H,1-4H3. The molecule has 0 aliphatic carbocycles. The Morgan fingerprint density at radius 2 is 1.32 bits per heavy atom. The second-order valence-electron chi connectivity index (χ2n) is 7.14. The van der Waals surface area contributed by atoms with E-state index in [1.54, 1.807) is 62.4 Å². The van der Waals surface area contributed by atoms with Gasteiger partial charge in [-0.05, 0) is 69.7 Å². The number of aliphatic hydroxyl groups excluding tert-OH is 1. The molecule has 1 atom stereocenters. The molecule has 0 aliphatic heterocycles. The first-order valence-corrected chi connectivity index (χ1v) is 8.04. The topological polar surface area (TPSA) is 87.0 Å². The Balaban J connectivity index is 2.09. The number of aliphatic hydroxyl groups is 3. The van der Waals surface area contributed by atoms with E-state index >= 15 is 0 Å². The van der Waals surface area contributed by atoms with Crippen LogP contribution in [-0.4, -0.2) is 32.3 Å². The molecule has 0 bridgehead atoms. The number of carbonyl (C=O) groups excluding carboxylic acids is 1. The molecule has 0 radical (unpaired) electrons. The summed E-state index contributed by atoms with van der Waals surface area (Å²) in [6.45, 7) is 5.98. The molecule has 25 heavy (non-hydrogen) atoms. The van der Waals surface area contributed by atoms with Crippen LogP contribution >= 0.6 is 0 Å². The average Bonchev–Trinajstić information content (AvgIpc) is 2.53. The number of rotatable bonds is 6. The maximum atomic E-state index is 12.0. The molecule has 0 fully saturated rings. The molecule has 0 saturated carbocycles. The van der Waals surface area contributed by atoms with E-state index < -0.39 is 17.3 Å². The zero-order chi connectivity index (χ0) is 18.8. The third kappa shape index (κ3) is 4.89. The lowest BCUT2D eigenvalue weighted by Crippen LogP contribution is -2.30. The predicted molar refractivity (Wildman–Crippen MR) is 94.8 cm³/mol. The second-order valence-corrected chi connectivity index (χ2v) is 7.14. The number of ketones is 1. The molecule has 5 heteroatoms. The summed E-state index contributed by atoms with van der Waals surface area (Å²) in [7, 11) is 0. The Labute approximate surface area is 147 Å². The van der Waals surface area contributed by atoms with Gasteiger partial charge in [0.25, 0.3) is 0 Å². The molecule has 0 aliphatic rings. The molecular weight excluding hydrogens is 320 g/mol. The highest BCUT2D eigenvalue weighted by Crippen LogP contribution is 2.28. The van der Waals surface area contributed by atoms with Crippen LogP contribution in [-0.2, 0) is 0 Å². The van der Waals surface area contributed by atoms with Crippen molar-refractivity contribution < 1.29 is 24.9 Å². The SMILES string of the molecule is CC(C)(O)C(=O)c1ccc(Oc2ccc(C(O)C(C)(C)O)cc2)cc1. The summed E-state index contributed by atoms with van der Waals surface area (Å²) in [6, 6.07) is 13.3. The molecule has 0 heterocycles. The first-order chi connectivity index (χ1) is 11.5. The van der Waals surface area contributed by atoms with E-state index in [-0.39, 0.29) is 5.78 Å². The summed E-state index contributed by atoms with van der Waals surface area (Å²) in [4.78, 5) is 12.0. The van der Waals surface area contributed by atoms with Crippen molar-refractivity contribution in [3.63, 3.8) is 0 Å². The molecule has 2 rings (SSSR count). The highest BCUT2D eigenvalue weighted by Gasteiger charge is 2.26. The molecule has 0 aromatic heterocycles. The summed E-state index contributed by atoms with van der Waals surface area (Å²) in [6.07, 6.45) is -0.992. The lowest BCUT2D eigenvalue weighted by molar-refractivity contribution is -0.0497. The number of ether oxygens (including phenoxy) is 1. The van der Waals surface area contributed by atoms with Gasteiger partial charge in [-0.15, -0.1) is 0 Å². The first kappa shape index (κ1) is 19.1. The Bertz CT molecular complexity index is 719. The Morgan fingerprint density at radius 3 is 1.72 bits per heavy atom. The molecule has 1 unspecified atom stereocenters. The van der Waals surface area contributed by atoms with Crippen LogP contribution in [0, 0.1) is 0 Å². The second kappa shape index (κ2) is 6.96. The maximum Gasteiger partial charge on any atom is 0.193 e. The molecule has 5 nitrogen and oxygen atoms in total. The van der Waals surface area contributed by atoms with Crippen LogP contribution in [0.1, 0.15) is 49.7 Å². The van der Waals surface area contributed by atoms with E-state index in [0.717, 1.165) is 0 Å². The Hall–Kier alpha value is -2.21. The van der Waals surface area contributed by atoms with Gasteiger partial charge in [0, 0.05) is 5.56 Å². The molecule has 2 aromatic rings. The molecule has 0 saturated heterocycles. The van der Waals surface area contributed by atoms with Crippen molar-refractivity contribution in [3.8, 4) is 11.5 Å².